The summed E-state index contributed by atoms with van der Waals surface area (Å²) < 4.78 is 35.0. The first-order chi connectivity index (χ1) is 13.6. The van der Waals surface area contributed by atoms with Crippen LogP contribution in [0.25, 0.3) is 0 Å². The molecule has 0 atom stereocenters. The van der Waals surface area contributed by atoms with Gasteiger partial charge in [-0.25, -0.2) is 4.83 Å². The first-order valence-corrected chi connectivity index (χ1v) is 9.51. The maximum Gasteiger partial charge on any atom is 0.276 e. The quantitative estimate of drug-likeness (QED) is 0.347. The number of ether oxygens (including phenoxy) is 2. The van der Waals surface area contributed by atoms with Gasteiger partial charge in [0.15, 0.2) is 18.1 Å². The van der Waals surface area contributed by atoms with Crippen LogP contribution in [0.15, 0.2) is 46.4 Å². The van der Waals surface area contributed by atoms with E-state index in [4.69, 9.17) is 15.2 Å². The first-order valence-electron chi connectivity index (χ1n) is 8.03. The zero-order chi connectivity index (χ0) is 21.6. The molecule has 29 heavy (non-hydrogen) atoms. The van der Waals surface area contributed by atoms with Crippen molar-refractivity contribution in [3.05, 3.63) is 57.6 Å². The number of rotatable bonds is 9. The fourth-order valence-corrected chi connectivity index (χ4v) is 3.02. The number of benzene rings is 2. The van der Waals surface area contributed by atoms with E-state index >= 15 is 0 Å². The molecule has 0 aliphatic heterocycles. The second-order valence-electron chi connectivity index (χ2n) is 5.72. The maximum absolute atomic E-state index is 12.3. The highest BCUT2D eigenvalue weighted by Crippen LogP contribution is 2.27. The molecule has 0 unspecified atom stereocenters. The topological polar surface area (TPSA) is 163 Å². The highest BCUT2D eigenvalue weighted by Gasteiger charge is 2.19. The van der Waals surface area contributed by atoms with E-state index in [2.05, 4.69) is 5.10 Å². The van der Waals surface area contributed by atoms with Gasteiger partial charge in [-0.1, -0.05) is 6.07 Å². The zero-order valence-electron chi connectivity index (χ0n) is 15.5. The standard InChI is InChI=1S/C17H18N4O7S/c1-11-3-5-13(8-14(11)21(23)24)29(25,26)20-19-9-12-4-6-15(27-2)16(7-12)28-10-17(18)22/h3-9,20H,10H2,1-2H3,(H2,18,22). The number of carbonyl (C=O) groups is 1. The summed E-state index contributed by atoms with van der Waals surface area (Å²) >= 11 is 0. The number of methoxy groups -OCH3 is 1. The van der Waals surface area contributed by atoms with Gasteiger partial charge in [-0.05, 0) is 36.8 Å². The zero-order valence-corrected chi connectivity index (χ0v) is 16.3. The van der Waals surface area contributed by atoms with Gasteiger partial charge < -0.3 is 15.2 Å². The van der Waals surface area contributed by atoms with Gasteiger partial charge >= 0.3 is 0 Å². The van der Waals surface area contributed by atoms with Crippen LogP contribution < -0.4 is 20.0 Å². The van der Waals surface area contributed by atoms with Crippen molar-refractivity contribution in [1.82, 2.24) is 4.83 Å². The first kappa shape index (κ1) is 21.6. The van der Waals surface area contributed by atoms with Crippen molar-refractivity contribution in [3.63, 3.8) is 0 Å². The summed E-state index contributed by atoms with van der Waals surface area (Å²) in [5.74, 6) is -0.116. The number of aryl methyl sites for hydroxylation is 1. The van der Waals surface area contributed by atoms with E-state index in [0.29, 0.717) is 16.9 Å². The highest BCUT2D eigenvalue weighted by atomic mass is 32.2. The number of nitro benzene ring substituents is 1. The van der Waals surface area contributed by atoms with Gasteiger partial charge in [0.1, 0.15) is 0 Å². The van der Waals surface area contributed by atoms with Crippen molar-refractivity contribution in [2.75, 3.05) is 13.7 Å². The van der Waals surface area contributed by atoms with E-state index in [1.165, 1.54) is 44.5 Å². The molecule has 0 fully saturated rings. The van der Waals surface area contributed by atoms with E-state index in [0.717, 1.165) is 6.07 Å². The summed E-state index contributed by atoms with van der Waals surface area (Å²) in [6.45, 7) is 1.14. The van der Waals surface area contributed by atoms with Gasteiger partial charge in [0, 0.05) is 11.6 Å². The van der Waals surface area contributed by atoms with Crippen molar-refractivity contribution in [2.24, 2.45) is 10.8 Å². The minimum Gasteiger partial charge on any atom is -0.493 e. The highest BCUT2D eigenvalue weighted by molar-refractivity contribution is 7.89. The van der Waals surface area contributed by atoms with Gasteiger partial charge in [0.05, 0.1) is 23.1 Å². The van der Waals surface area contributed by atoms with E-state index in [-0.39, 0.29) is 22.9 Å². The summed E-state index contributed by atoms with van der Waals surface area (Å²) in [4.78, 5) is 22.9. The number of sulfonamides is 1. The lowest BCUT2D eigenvalue weighted by molar-refractivity contribution is -0.385. The van der Waals surface area contributed by atoms with Crippen LogP contribution in [0.4, 0.5) is 5.69 Å². The fourth-order valence-electron chi connectivity index (χ4n) is 2.21. The minimum absolute atomic E-state index is 0.215. The van der Waals surface area contributed by atoms with Gasteiger partial charge in [0.25, 0.3) is 21.6 Å². The Morgan fingerprint density at radius 2 is 2.00 bits per heavy atom. The number of hydrazone groups is 1. The number of primary amides is 1. The van der Waals surface area contributed by atoms with E-state index in [1.807, 2.05) is 4.83 Å². The van der Waals surface area contributed by atoms with Crippen molar-refractivity contribution in [2.45, 2.75) is 11.8 Å². The number of hydrogen-bond acceptors (Lipinski definition) is 8. The molecule has 3 N–H and O–H groups in total. The predicted molar refractivity (Wildman–Crippen MR) is 103 cm³/mol. The Labute approximate surface area is 166 Å². The van der Waals surface area contributed by atoms with Gasteiger partial charge in [-0.15, -0.1) is 0 Å². The van der Waals surface area contributed by atoms with Crippen molar-refractivity contribution < 1.29 is 27.6 Å². The molecule has 0 aliphatic rings. The normalized spacial score (nSPS) is 11.2. The Morgan fingerprint density at radius 3 is 2.62 bits per heavy atom. The molecule has 0 spiro atoms. The SMILES string of the molecule is COc1ccc(C=NNS(=O)(=O)c2ccc(C)c([N+](=O)[O-])c2)cc1OCC(N)=O. The van der Waals surface area contributed by atoms with Crippen LogP contribution in [0.2, 0.25) is 0 Å². The molecule has 0 saturated heterocycles. The lowest BCUT2D eigenvalue weighted by Gasteiger charge is -2.10. The Bertz CT molecular complexity index is 1070. The smallest absolute Gasteiger partial charge is 0.276 e. The molecule has 12 heteroatoms. The van der Waals surface area contributed by atoms with Crippen LogP contribution in [0.1, 0.15) is 11.1 Å². The maximum atomic E-state index is 12.3. The molecule has 0 heterocycles. The summed E-state index contributed by atoms with van der Waals surface area (Å²) in [6, 6.07) is 8.11. The summed E-state index contributed by atoms with van der Waals surface area (Å²) in [5, 5.41) is 14.6. The van der Waals surface area contributed by atoms with E-state index < -0.39 is 20.9 Å². The van der Waals surface area contributed by atoms with Gasteiger partial charge in [-0.3, -0.25) is 14.9 Å². The number of nitrogens with two attached hydrogens (primary N) is 1. The van der Waals surface area contributed by atoms with Crippen LogP contribution in [0.5, 0.6) is 11.5 Å². The van der Waals surface area contributed by atoms with Crippen LogP contribution in [0, 0.1) is 17.0 Å². The van der Waals surface area contributed by atoms with E-state index in [1.54, 1.807) is 6.07 Å². The van der Waals surface area contributed by atoms with Crippen LogP contribution in [-0.4, -0.2) is 39.2 Å². The summed E-state index contributed by atoms with van der Waals surface area (Å²) in [5.41, 5.74) is 5.49. The molecule has 0 aromatic heterocycles. The third-order valence-electron chi connectivity index (χ3n) is 3.63. The summed E-state index contributed by atoms with van der Waals surface area (Å²) in [6.07, 6.45) is 1.19. The van der Waals surface area contributed by atoms with Crippen LogP contribution >= 0.6 is 0 Å². The molecule has 0 aliphatic carbocycles. The van der Waals surface area contributed by atoms with Crippen molar-refractivity contribution in [3.8, 4) is 11.5 Å². The Kier molecular flexibility index (Phi) is 6.72. The Balaban J connectivity index is 2.20. The number of nitrogens with zero attached hydrogens (tertiary/aromatic N) is 2. The van der Waals surface area contributed by atoms with Crippen molar-refractivity contribution in [1.29, 1.82) is 0 Å². The third-order valence-corrected chi connectivity index (χ3v) is 4.85. The molecule has 2 aromatic carbocycles. The summed E-state index contributed by atoms with van der Waals surface area (Å²) in [7, 11) is -2.71. The largest absolute Gasteiger partial charge is 0.493 e. The van der Waals surface area contributed by atoms with Crippen molar-refractivity contribution >= 4 is 27.8 Å². The van der Waals surface area contributed by atoms with Gasteiger partial charge in [0.2, 0.25) is 0 Å². The minimum atomic E-state index is -4.12. The molecule has 0 bridgehead atoms. The average molecular weight is 422 g/mol. The molecular formula is C17H18N4O7S. The number of nitro groups is 1. The number of nitrogens with one attached hydrogen (secondary N) is 1. The Morgan fingerprint density at radius 1 is 1.28 bits per heavy atom. The monoisotopic (exact) mass is 422 g/mol. The lowest BCUT2D eigenvalue weighted by atomic mass is 10.2. The molecule has 11 nitrogen and oxygen atoms in total. The molecular weight excluding hydrogens is 404 g/mol. The lowest BCUT2D eigenvalue weighted by Crippen LogP contribution is -2.20. The molecule has 1 amide bonds. The molecule has 0 radical (unpaired) electrons. The molecule has 2 aromatic rings. The van der Waals surface area contributed by atoms with Crippen LogP contribution in [0.3, 0.4) is 0 Å². The average Bonchev–Trinajstić information content (AvgIpc) is 2.66. The predicted octanol–water partition coefficient (Wildman–Crippen LogP) is 1.09. The molecule has 0 saturated carbocycles. The molecule has 154 valence electrons. The molecule has 2 rings (SSSR count). The fraction of sp³-hybridized carbons (Fsp3) is 0.176. The van der Waals surface area contributed by atoms with E-state index in [9.17, 15) is 23.3 Å². The number of hydrogen-bond donors (Lipinski definition) is 2. The van der Waals surface area contributed by atoms with Crippen LogP contribution in [-0.2, 0) is 14.8 Å². The number of carbonyl (C=O) groups excluding carboxylic acids is 1. The second kappa shape index (κ2) is 9.01. The second-order valence-corrected chi connectivity index (χ2v) is 7.38. The number of amides is 1. The van der Waals surface area contributed by atoms with Gasteiger partial charge in [-0.2, -0.15) is 13.5 Å². The Hall–Kier alpha value is -3.67. The third kappa shape index (κ3) is 5.65.